The molecule has 0 spiro atoms. The first-order valence-electron chi connectivity index (χ1n) is 6.34. The highest BCUT2D eigenvalue weighted by atomic mass is 35.5. The lowest BCUT2D eigenvalue weighted by atomic mass is 9.87. The van der Waals surface area contributed by atoms with Crippen LogP contribution in [-0.2, 0) is 19.9 Å². The predicted molar refractivity (Wildman–Crippen MR) is 75.7 cm³/mol. The fraction of sp³-hybridized carbons (Fsp3) is 0.429. The molecule has 1 rings (SSSR count). The van der Waals surface area contributed by atoms with Crippen LogP contribution in [0.4, 0.5) is 0 Å². The number of hydrogen-bond acceptors (Lipinski definition) is 3. The molecule has 0 radical (unpaired) electrons. The number of carboxylic acids is 1. The van der Waals surface area contributed by atoms with Gasteiger partial charge in [-0.3, -0.25) is 4.79 Å². The van der Waals surface area contributed by atoms with E-state index in [9.17, 15) is 14.7 Å². The van der Waals surface area contributed by atoms with Gasteiger partial charge in [0.25, 0.3) is 0 Å². The number of aliphatic carboxylic acids is 1. The van der Waals surface area contributed by atoms with Crippen molar-refractivity contribution >= 4 is 23.5 Å². The Labute approximate surface area is 122 Å². The van der Waals surface area contributed by atoms with Gasteiger partial charge in [-0.25, -0.2) is 4.79 Å². The van der Waals surface area contributed by atoms with Crippen LogP contribution in [0.15, 0.2) is 24.3 Å². The highest BCUT2D eigenvalue weighted by Gasteiger charge is 2.40. The molecule has 0 heterocycles. The van der Waals surface area contributed by atoms with E-state index >= 15 is 0 Å². The van der Waals surface area contributed by atoms with Crippen LogP contribution >= 0.6 is 11.6 Å². The van der Waals surface area contributed by atoms with E-state index in [1.54, 1.807) is 38.1 Å². The molecule has 1 aromatic carbocycles. The lowest BCUT2D eigenvalue weighted by Crippen LogP contribution is -2.52. The summed E-state index contributed by atoms with van der Waals surface area (Å²) in [6.45, 7) is 3.68. The molecule has 1 amide bonds. The van der Waals surface area contributed by atoms with Crippen molar-refractivity contribution in [1.29, 1.82) is 0 Å². The Morgan fingerprint density at radius 3 is 2.35 bits per heavy atom. The number of carboxylic acid groups (broad SMARTS) is 1. The number of carbonyl (C=O) groups is 2. The highest BCUT2D eigenvalue weighted by Crippen LogP contribution is 2.27. The molecule has 5 nitrogen and oxygen atoms in total. The van der Waals surface area contributed by atoms with Crippen LogP contribution in [0.25, 0.3) is 0 Å². The molecular formula is C14H18ClNO4. The maximum absolute atomic E-state index is 11.8. The predicted octanol–water partition coefficient (Wildman–Crippen LogP) is 2.18. The summed E-state index contributed by atoms with van der Waals surface area (Å²) in [5, 5.41) is 12.6. The number of halogens is 1. The number of benzene rings is 1. The minimum atomic E-state index is -1.47. The molecule has 0 fully saturated rings. The Hall–Kier alpha value is -1.59. The van der Waals surface area contributed by atoms with Gasteiger partial charge in [0.05, 0.1) is 0 Å². The van der Waals surface area contributed by atoms with Crippen molar-refractivity contribution in [2.75, 3.05) is 13.2 Å². The third-order valence-corrected chi connectivity index (χ3v) is 3.27. The summed E-state index contributed by atoms with van der Waals surface area (Å²) in [6.07, 6.45) is 0.210. The summed E-state index contributed by atoms with van der Waals surface area (Å²) >= 11 is 5.80. The third kappa shape index (κ3) is 3.71. The molecule has 1 aromatic rings. The smallest absolute Gasteiger partial charge is 0.334 e. The maximum atomic E-state index is 11.8. The van der Waals surface area contributed by atoms with E-state index < -0.39 is 17.4 Å². The second kappa shape index (κ2) is 7.26. The molecule has 0 aliphatic carbocycles. The topological polar surface area (TPSA) is 75.6 Å². The molecule has 2 N–H and O–H groups in total. The number of rotatable bonds is 7. The second-order valence-corrected chi connectivity index (χ2v) is 4.69. The molecule has 1 atom stereocenters. The van der Waals surface area contributed by atoms with E-state index in [-0.39, 0.29) is 13.0 Å². The SMILES string of the molecule is CCOCC(=O)NC(CC)(C(=O)O)c1ccc(Cl)cc1. The van der Waals surface area contributed by atoms with Gasteiger partial charge >= 0.3 is 5.97 Å². The molecule has 0 saturated carbocycles. The Kier molecular flexibility index (Phi) is 5.98. The number of carbonyl (C=O) groups excluding carboxylic acids is 1. The summed E-state index contributed by atoms with van der Waals surface area (Å²) in [6, 6.07) is 6.39. The van der Waals surface area contributed by atoms with E-state index in [2.05, 4.69) is 5.32 Å². The zero-order valence-electron chi connectivity index (χ0n) is 11.5. The van der Waals surface area contributed by atoms with E-state index in [0.717, 1.165) is 0 Å². The van der Waals surface area contributed by atoms with Gasteiger partial charge in [-0.05, 0) is 31.0 Å². The molecule has 110 valence electrons. The Balaban J connectivity index is 3.06. The van der Waals surface area contributed by atoms with Crippen LogP contribution in [-0.4, -0.2) is 30.2 Å². The van der Waals surface area contributed by atoms with E-state index in [4.69, 9.17) is 16.3 Å². The maximum Gasteiger partial charge on any atom is 0.334 e. The first-order chi connectivity index (χ1) is 9.46. The minimum Gasteiger partial charge on any atom is -0.479 e. The van der Waals surface area contributed by atoms with Crippen LogP contribution in [0.1, 0.15) is 25.8 Å². The van der Waals surface area contributed by atoms with Gasteiger partial charge in [0.15, 0.2) is 5.54 Å². The van der Waals surface area contributed by atoms with Gasteiger partial charge in [0.2, 0.25) is 5.91 Å². The van der Waals surface area contributed by atoms with Crippen LogP contribution in [0, 0.1) is 0 Å². The molecule has 6 heteroatoms. The first-order valence-corrected chi connectivity index (χ1v) is 6.72. The summed E-state index contributed by atoms with van der Waals surface area (Å²) in [5.74, 6) is -1.58. The fourth-order valence-corrected chi connectivity index (χ4v) is 2.02. The second-order valence-electron chi connectivity index (χ2n) is 4.26. The fourth-order valence-electron chi connectivity index (χ4n) is 1.90. The number of amides is 1. The van der Waals surface area contributed by atoms with Gasteiger partial charge < -0.3 is 15.2 Å². The van der Waals surface area contributed by atoms with Gasteiger partial charge in [-0.15, -0.1) is 0 Å². The van der Waals surface area contributed by atoms with Crippen LogP contribution < -0.4 is 5.32 Å². The standard InChI is InChI=1S/C14H18ClNO4/c1-3-14(13(18)19,16-12(17)9-20-4-2)10-5-7-11(15)8-6-10/h5-8H,3-4,9H2,1-2H3,(H,16,17)(H,18,19). The summed E-state index contributed by atoms with van der Waals surface area (Å²) < 4.78 is 4.99. The van der Waals surface area contributed by atoms with Crippen molar-refractivity contribution in [3.8, 4) is 0 Å². The van der Waals surface area contributed by atoms with Gasteiger partial charge in [-0.1, -0.05) is 30.7 Å². The van der Waals surface area contributed by atoms with Crippen molar-refractivity contribution in [3.63, 3.8) is 0 Å². The quantitative estimate of drug-likeness (QED) is 0.809. The van der Waals surface area contributed by atoms with Crippen LogP contribution in [0.2, 0.25) is 5.02 Å². The molecule has 1 unspecified atom stereocenters. The Morgan fingerprint density at radius 1 is 1.30 bits per heavy atom. The Morgan fingerprint density at radius 2 is 1.90 bits per heavy atom. The van der Waals surface area contributed by atoms with Gasteiger partial charge in [-0.2, -0.15) is 0 Å². The molecule has 0 aliphatic heterocycles. The van der Waals surface area contributed by atoms with Gasteiger partial charge in [0.1, 0.15) is 6.61 Å². The summed E-state index contributed by atoms with van der Waals surface area (Å²) in [4.78, 5) is 23.5. The van der Waals surface area contributed by atoms with Crippen molar-refractivity contribution in [2.24, 2.45) is 0 Å². The van der Waals surface area contributed by atoms with Crippen molar-refractivity contribution in [2.45, 2.75) is 25.8 Å². The van der Waals surface area contributed by atoms with Crippen molar-refractivity contribution in [3.05, 3.63) is 34.9 Å². The third-order valence-electron chi connectivity index (χ3n) is 3.02. The highest BCUT2D eigenvalue weighted by molar-refractivity contribution is 6.30. The molecular weight excluding hydrogens is 282 g/mol. The van der Waals surface area contributed by atoms with E-state index in [0.29, 0.717) is 17.2 Å². The Bertz CT molecular complexity index is 475. The molecule has 0 aromatic heterocycles. The molecule has 20 heavy (non-hydrogen) atoms. The van der Waals surface area contributed by atoms with E-state index in [1.165, 1.54) is 0 Å². The number of nitrogens with one attached hydrogen (secondary N) is 1. The zero-order valence-corrected chi connectivity index (χ0v) is 12.2. The monoisotopic (exact) mass is 299 g/mol. The normalized spacial score (nSPS) is 13.6. The average molecular weight is 300 g/mol. The first kappa shape index (κ1) is 16.5. The molecule has 0 bridgehead atoms. The van der Waals surface area contributed by atoms with Crippen LogP contribution in [0.5, 0.6) is 0 Å². The van der Waals surface area contributed by atoms with Crippen LogP contribution in [0.3, 0.4) is 0 Å². The summed E-state index contributed by atoms with van der Waals surface area (Å²) in [5.41, 5.74) is -1.000. The minimum absolute atomic E-state index is 0.168. The lowest BCUT2D eigenvalue weighted by Gasteiger charge is -2.30. The van der Waals surface area contributed by atoms with Gasteiger partial charge in [0, 0.05) is 11.6 Å². The van der Waals surface area contributed by atoms with Crippen molar-refractivity contribution in [1.82, 2.24) is 5.32 Å². The van der Waals surface area contributed by atoms with E-state index in [1.807, 2.05) is 0 Å². The summed E-state index contributed by atoms with van der Waals surface area (Å²) in [7, 11) is 0. The number of ether oxygens (including phenoxy) is 1. The largest absolute Gasteiger partial charge is 0.479 e. The average Bonchev–Trinajstić information content (AvgIpc) is 2.43. The molecule has 0 aliphatic rings. The zero-order chi connectivity index (χ0) is 15.2. The van der Waals surface area contributed by atoms with Crippen molar-refractivity contribution < 1.29 is 19.4 Å². The molecule has 0 saturated heterocycles. The lowest BCUT2D eigenvalue weighted by molar-refractivity contribution is -0.149. The number of hydrogen-bond donors (Lipinski definition) is 2.